The van der Waals surface area contributed by atoms with E-state index >= 15 is 0 Å². The zero-order chi connectivity index (χ0) is 7.56. The molecule has 0 saturated carbocycles. The van der Waals surface area contributed by atoms with E-state index in [2.05, 4.69) is 4.90 Å². The monoisotopic (exact) mass is 145 g/mol. The molecular formula is C7H15NO2. The van der Waals surface area contributed by atoms with Crippen LogP contribution in [0.4, 0.5) is 0 Å². The fourth-order valence-electron chi connectivity index (χ4n) is 1.43. The van der Waals surface area contributed by atoms with Gasteiger partial charge in [-0.1, -0.05) is 0 Å². The van der Waals surface area contributed by atoms with E-state index in [0.29, 0.717) is 6.54 Å². The Balaban J connectivity index is 2.33. The second-order valence-corrected chi connectivity index (χ2v) is 2.86. The quantitative estimate of drug-likeness (QED) is 0.547. The number of rotatable bonds is 2. The van der Waals surface area contributed by atoms with E-state index in [0.717, 1.165) is 13.0 Å². The van der Waals surface area contributed by atoms with Gasteiger partial charge in [-0.05, 0) is 13.3 Å². The summed E-state index contributed by atoms with van der Waals surface area (Å²) >= 11 is 0. The summed E-state index contributed by atoms with van der Waals surface area (Å²) in [5.41, 5.74) is 0. The van der Waals surface area contributed by atoms with Crippen LogP contribution in [0.3, 0.4) is 0 Å². The van der Waals surface area contributed by atoms with Crippen LogP contribution in [0.25, 0.3) is 0 Å². The van der Waals surface area contributed by atoms with Crippen LogP contribution in [-0.4, -0.2) is 47.0 Å². The molecule has 1 aliphatic rings. The molecule has 0 bridgehead atoms. The summed E-state index contributed by atoms with van der Waals surface area (Å²) < 4.78 is 0. The molecule has 0 spiro atoms. The molecule has 1 rings (SSSR count). The highest BCUT2D eigenvalue weighted by Crippen LogP contribution is 2.15. The van der Waals surface area contributed by atoms with Crippen molar-refractivity contribution < 1.29 is 10.2 Å². The minimum absolute atomic E-state index is 0.188. The Labute approximate surface area is 61.3 Å². The first-order valence-corrected chi connectivity index (χ1v) is 3.78. The molecular weight excluding hydrogens is 130 g/mol. The lowest BCUT2D eigenvalue weighted by Crippen LogP contribution is -2.34. The van der Waals surface area contributed by atoms with E-state index < -0.39 is 0 Å². The third-order valence-corrected chi connectivity index (χ3v) is 2.23. The molecule has 1 fully saturated rings. The lowest BCUT2D eigenvalue weighted by molar-refractivity contribution is 0.114. The van der Waals surface area contributed by atoms with Gasteiger partial charge in [0.2, 0.25) is 0 Å². The zero-order valence-electron chi connectivity index (χ0n) is 6.32. The number of aliphatic hydroxyl groups is 2. The number of aliphatic hydroxyl groups excluding tert-OH is 2. The predicted octanol–water partition coefficient (Wildman–Crippen LogP) is -0.566. The van der Waals surface area contributed by atoms with Crippen molar-refractivity contribution in [3.63, 3.8) is 0 Å². The number of β-amino-alcohol motifs (C(OH)–C–C–N with tert-alkyl or cyclic N) is 1. The zero-order valence-corrected chi connectivity index (χ0v) is 6.32. The smallest absolute Gasteiger partial charge is 0.0704 e. The van der Waals surface area contributed by atoms with Crippen molar-refractivity contribution in [2.24, 2.45) is 0 Å². The summed E-state index contributed by atoms with van der Waals surface area (Å²) in [7, 11) is 0. The van der Waals surface area contributed by atoms with Gasteiger partial charge in [-0.2, -0.15) is 0 Å². The van der Waals surface area contributed by atoms with Crippen LogP contribution in [-0.2, 0) is 0 Å². The summed E-state index contributed by atoms with van der Waals surface area (Å²) in [5.74, 6) is 0. The largest absolute Gasteiger partial charge is 0.395 e. The van der Waals surface area contributed by atoms with Crippen LogP contribution in [0, 0.1) is 0 Å². The van der Waals surface area contributed by atoms with Crippen molar-refractivity contribution in [1.82, 2.24) is 4.90 Å². The minimum atomic E-state index is -0.188. The van der Waals surface area contributed by atoms with Gasteiger partial charge in [-0.25, -0.2) is 0 Å². The molecule has 0 radical (unpaired) electrons. The second-order valence-electron chi connectivity index (χ2n) is 2.86. The van der Waals surface area contributed by atoms with Crippen molar-refractivity contribution in [3.05, 3.63) is 0 Å². The average molecular weight is 145 g/mol. The number of nitrogens with zero attached hydrogens (tertiary/aromatic N) is 1. The SMILES string of the molecule is C[C@H]1[C@H](O)CCN1CCO. The summed E-state index contributed by atoms with van der Waals surface area (Å²) in [6.07, 6.45) is 0.660. The van der Waals surface area contributed by atoms with Crippen molar-refractivity contribution >= 4 is 0 Å². The number of likely N-dealkylation sites (tertiary alicyclic amines) is 1. The van der Waals surface area contributed by atoms with E-state index in [1.165, 1.54) is 0 Å². The fraction of sp³-hybridized carbons (Fsp3) is 1.00. The highest BCUT2D eigenvalue weighted by molar-refractivity contribution is 4.82. The molecule has 10 heavy (non-hydrogen) atoms. The van der Waals surface area contributed by atoms with Crippen molar-refractivity contribution in [1.29, 1.82) is 0 Å². The van der Waals surface area contributed by atoms with Gasteiger partial charge in [-0.15, -0.1) is 0 Å². The summed E-state index contributed by atoms with van der Waals surface area (Å²) in [6.45, 7) is 3.80. The van der Waals surface area contributed by atoms with E-state index in [1.54, 1.807) is 0 Å². The number of hydrogen-bond acceptors (Lipinski definition) is 3. The Morgan fingerprint density at radius 3 is 2.70 bits per heavy atom. The van der Waals surface area contributed by atoms with E-state index in [1.807, 2.05) is 6.92 Å². The summed E-state index contributed by atoms with van der Waals surface area (Å²) in [6, 6.07) is 0.229. The molecule has 3 heteroatoms. The molecule has 2 atom stereocenters. The van der Waals surface area contributed by atoms with Gasteiger partial charge in [0.15, 0.2) is 0 Å². The van der Waals surface area contributed by atoms with E-state index in [9.17, 15) is 5.11 Å². The maximum atomic E-state index is 9.27. The molecule has 60 valence electrons. The molecule has 0 aliphatic carbocycles. The van der Waals surface area contributed by atoms with Gasteiger partial charge in [0, 0.05) is 19.1 Å². The topological polar surface area (TPSA) is 43.7 Å². The van der Waals surface area contributed by atoms with Crippen LogP contribution < -0.4 is 0 Å². The van der Waals surface area contributed by atoms with Crippen LogP contribution in [0.1, 0.15) is 13.3 Å². The Hall–Kier alpha value is -0.120. The molecule has 0 aromatic carbocycles. The average Bonchev–Trinajstić information content (AvgIpc) is 2.20. The summed E-state index contributed by atoms with van der Waals surface area (Å²) in [5, 5.41) is 17.9. The van der Waals surface area contributed by atoms with Crippen molar-refractivity contribution in [2.45, 2.75) is 25.5 Å². The molecule has 0 amide bonds. The molecule has 0 unspecified atom stereocenters. The predicted molar refractivity (Wildman–Crippen MR) is 38.7 cm³/mol. The number of hydrogen-bond donors (Lipinski definition) is 2. The molecule has 1 aliphatic heterocycles. The normalized spacial score (nSPS) is 35.1. The van der Waals surface area contributed by atoms with Gasteiger partial charge in [0.25, 0.3) is 0 Å². The lowest BCUT2D eigenvalue weighted by atomic mass is 10.2. The Bertz CT molecular complexity index is 106. The lowest BCUT2D eigenvalue weighted by Gasteiger charge is -2.20. The highest BCUT2D eigenvalue weighted by atomic mass is 16.3. The van der Waals surface area contributed by atoms with Gasteiger partial charge in [0.05, 0.1) is 12.7 Å². The fourth-order valence-corrected chi connectivity index (χ4v) is 1.43. The Morgan fingerprint density at radius 2 is 2.30 bits per heavy atom. The van der Waals surface area contributed by atoms with Crippen LogP contribution in [0.2, 0.25) is 0 Å². The minimum Gasteiger partial charge on any atom is -0.395 e. The van der Waals surface area contributed by atoms with Gasteiger partial charge < -0.3 is 10.2 Å². The third kappa shape index (κ3) is 1.48. The Kier molecular flexibility index (Phi) is 2.65. The highest BCUT2D eigenvalue weighted by Gasteiger charge is 2.27. The molecule has 0 aromatic heterocycles. The van der Waals surface area contributed by atoms with Crippen LogP contribution >= 0.6 is 0 Å². The molecule has 1 heterocycles. The molecule has 1 saturated heterocycles. The van der Waals surface area contributed by atoms with Crippen molar-refractivity contribution in [3.8, 4) is 0 Å². The Morgan fingerprint density at radius 1 is 1.60 bits per heavy atom. The summed E-state index contributed by atoms with van der Waals surface area (Å²) in [4.78, 5) is 2.10. The maximum absolute atomic E-state index is 9.27. The molecule has 3 nitrogen and oxygen atoms in total. The van der Waals surface area contributed by atoms with E-state index in [-0.39, 0.29) is 18.8 Å². The first kappa shape index (κ1) is 7.98. The van der Waals surface area contributed by atoms with Crippen LogP contribution in [0.5, 0.6) is 0 Å². The third-order valence-electron chi connectivity index (χ3n) is 2.23. The van der Waals surface area contributed by atoms with E-state index in [4.69, 9.17) is 5.11 Å². The molecule has 0 aromatic rings. The maximum Gasteiger partial charge on any atom is 0.0704 e. The second kappa shape index (κ2) is 3.32. The standard InChI is InChI=1S/C7H15NO2/c1-6-7(10)2-3-8(6)4-5-9/h6-7,9-10H,2-5H2,1H3/t6-,7+/m0/s1. The van der Waals surface area contributed by atoms with Crippen molar-refractivity contribution in [2.75, 3.05) is 19.7 Å². The first-order valence-electron chi connectivity index (χ1n) is 3.78. The van der Waals surface area contributed by atoms with Crippen LogP contribution in [0.15, 0.2) is 0 Å². The van der Waals surface area contributed by atoms with Gasteiger partial charge >= 0.3 is 0 Å². The molecule has 2 N–H and O–H groups in total. The van der Waals surface area contributed by atoms with Gasteiger partial charge in [-0.3, -0.25) is 4.90 Å². The van der Waals surface area contributed by atoms with Gasteiger partial charge in [0.1, 0.15) is 0 Å². The first-order chi connectivity index (χ1) is 4.75.